The highest BCUT2D eigenvalue weighted by atomic mass is 16.5. The van der Waals surface area contributed by atoms with Crippen LogP contribution in [0, 0.1) is 6.92 Å². The molecule has 7 nitrogen and oxygen atoms in total. The Morgan fingerprint density at radius 1 is 0.864 bits per heavy atom. The molecule has 0 aliphatic carbocycles. The second-order valence-corrected chi connectivity index (χ2v) is 13.1. The summed E-state index contributed by atoms with van der Waals surface area (Å²) in [6, 6.07) is 28.2. The largest absolute Gasteiger partial charge is 0.427 e. The lowest BCUT2D eigenvalue weighted by Crippen LogP contribution is -2.49. The van der Waals surface area contributed by atoms with Crippen LogP contribution in [0.15, 0.2) is 78.9 Å². The molecule has 3 atom stereocenters. The Morgan fingerprint density at radius 2 is 1.52 bits per heavy atom. The lowest BCUT2D eigenvalue weighted by atomic mass is 9.70. The summed E-state index contributed by atoms with van der Waals surface area (Å²) in [6.45, 7) is 6.12. The zero-order chi connectivity index (χ0) is 30.3. The molecule has 1 amide bonds. The van der Waals surface area contributed by atoms with E-state index >= 15 is 0 Å². The number of nitrogens with zero attached hydrogens (tertiary/aromatic N) is 4. The summed E-state index contributed by atoms with van der Waals surface area (Å²) in [5.41, 5.74) is 4.47. The molecule has 0 N–H and O–H groups in total. The Balaban J connectivity index is 1.04. The van der Waals surface area contributed by atoms with Gasteiger partial charge in [0.15, 0.2) is 0 Å². The van der Waals surface area contributed by atoms with E-state index in [9.17, 15) is 9.59 Å². The van der Waals surface area contributed by atoms with Crippen molar-refractivity contribution in [2.24, 2.45) is 0 Å². The van der Waals surface area contributed by atoms with Gasteiger partial charge in [0.05, 0.1) is 11.0 Å². The molecular weight excluding hydrogens is 548 g/mol. The fourth-order valence-electron chi connectivity index (χ4n) is 8.42. The first-order chi connectivity index (χ1) is 21.4. The van der Waals surface area contributed by atoms with E-state index in [0.29, 0.717) is 29.4 Å². The van der Waals surface area contributed by atoms with Crippen molar-refractivity contribution in [2.45, 2.75) is 82.3 Å². The minimum absolute atomic E-state index is 0.0449. The lowest BCUT2D eigenvalue weighted by molar-refractivity contribution is -0.131. The second-order valence-electron chi connectivity index (χ2n) is 13.1. The summed E-state index contributed by atoms with van der Waals surface area (Å²) in [6.07, 6.45) is 7.97. The van der Waals surface area contributed by atoms with Crippen LogP contribution in [0.3, 0.4) is 0 Å². The number of fused-ring (bicyclic) bond motifs is 3. The Labute approximate surface area is 259 Å². The van der Waals surface area contributed by atoms with Gasteiger partial charge in [-0.1, -0.05) is 42.5 Å². The predicted molar refractivity (Wildman–Crippen MR) is 172 cm³/mol. The number of para-hydroxylation sites is 2. The average molecular weight is 591 g/mol. The van der Waals surface area contributed by atoms with Gasteiger partial charge in [-0.2, -0.15) is 0 Å². The number of amides is 1. The summed E-state index contributed by atoms with van der Waals surface area (Å²) in [4.78, 5) is 34.4. The number of hydrogen-bond acceptors (Lipinski definition) is 5. The topological polar surface area (TPSA) is 67.7 Å². The van der Waals surface area contributed by atoms with E-state index in [1.807, 2.05) is 4.90 Å². The zero-order valence-corrected chi connectivity index (χ0v) is 25.8. The minimum atomic E-state index is -0.364. The second kappa shape index (κ2) is 11.8. The zero-order valence-electron chi connectivity index (χ0n) is 25.8. The van der Waals surface area contributed by atoms with Gasteiger partial charge in [0, 0.05) is 43.7 Å². The van der Waals surface area contributed by atoms with E-state index in [1.54, 1.807) is 24.3 Å². The maximum absolute atomic E-state index is 13.4. The molecule has 0 saturated carbocycles. The number of benzene rings is 3. The summed E-state index contributed by atoms with van der Waals surface area (Å²) in [5, 5.41) is 0. The highest BCUT2D eigenvalue weighted by Crippen LogP contribution is 2.45. The molecule has 0 spiro atoms. The number of carbonyl (C=O) groups excluding carboxylic acids is 2. The van der Waals surface area contributed by atoms with E-state index in [1.165, 1.54) is 43.7 Å². The third-order valence-corrected chi connectivity index (χ3v) is 10.6. The molecule has 1 aromatic heterocycles. The highest BCUT2D eigenvalue weighted by Gasteiger charge is 2.44. The number of rotatable bonds is 7. The van der Waals surface area contributed by atoms with Crippen molar-refractivity contribution < 1.29 is 14.3 Å². The molecule has 3 aliphatic rings. The number of likely N-dealkylation sites (tertiary alicyclic amines) is 1. The molecule has 3 fully saturated rings. The standard InChI is InChI=1S/C37H42N4O3/c1-26-38-34-10-6-7-11-35(34)41(26)32-24-30-14-15-31(25-32)40(30)23-20-37(29-8-4-3-5-9-29)18-21-39(22-19-37)36(43)28-12-16-33(17-13-28)44-27(2)42/h3-13,16-17,30-32H,14-15,18-25H2,1-2H3/t30-,31+,32+. The first-order valence-electron chi connectivity index (χ1n) is 16.2. The van der Waals surface area contributed by atoms with E-state index in [0.717, 1.165) is 50.2 Å². The van der Waals surface area contributed by atoms with Crippen molar-refractivity contribution >= 4 is 22.9 Å². The smallest absolute Gasteiger partial charge is 0.308 e. The molecule has 0 unspecified atom stereocenters. The molecule has 4 heterocycles. The van der Waals surface area contributed by atoms with Gasteiger partial charge in [-0.25, -0.2) is 4.98 Å². The summed E-state index contributed by atoms with van der Waals surface area (Å²) < 4.78 is 7.66. The number of aromatic nitrogens is 2. The van der Waals surface area contributed by atoms with Crippen LogP contribution in [0.2, 0.25) is 0 Å². The lowest BCUT2D eigenvalue weighted by Gasteiger charge is -2.45. The van der Waals surface area contributed by atoms with Gasteiger partial charge in [-0.3, -0.25) is 14.5 Å². The van der Waals surface area contributed by atoms with Crippen molar-refractivity contribution in [2.75, 3.05) is 19.6 Å². The molecule has 44 heavy (non-hydrogen) atoms. The average Bonchev–Trinajstić information content (AvgIpc) is 3.50. The van der Waals surface area contributed by atoms with Gasteiger partial charge in [0.25, 0.3) is 5.91 Å². The van der Waals surface area contributed by atoms with Gasteiger partial charge in [-0.05, 0) is 106 Å². The van der Waals surface area contributed by atoms with Crippen molar-refractivity contribution in [3.63, 3.8) is 0 Å². The van der Waals surface area contributed by atoms with Crippen LogP contribution in [-0.4, -0.2) is 62.9 Å². The monoisotopic (exact) mass is 590 g/mol. The predicted octanol–water partition coefficient (Wildman–Crippen LogP) is 6.70. The Morgan fingerprint density at radius 3 is 2.20 bits per heavy atom. The third-order valence-electron chi connectivity index (χ3n) is 10.6. The number of esters is 1. The Kier molecular flexibility index (Phi) is 7.75. The molecule has 228 valence electrons. The fourth-order valence-corrected chi connectivity index (χ4v) is 8.42. The summed E-state index contributed by atoms with van der Waals surface area (Å²) >= 11 is 0. The number of ether oxygens (including phenoxy) is 1. The maximum Gasteiger partial charge on any atom is 0.308 e. The first-order valence-corrected chi connectivity index (χ1v) is 16.2. The molecule has 0 radical (unpaired) electrons. The van der Waals surface area contributed by atoms with Crippen LogP contribution < -0.4 is 4.74 Å². The van der Waals surface area contributed by atoms with E-state index in [4.69, 9.17) is 9.72 Å². The van der Waals surface area contributed by atoms with Gasteiger partial charge in [-0.15, -0.1) is 0 Å². The highest BCUT2D eigenvalue weighted by molar-refractivity contribution is 5.94. The molecule has 3 aromatic carbocycles. The van der Waals surface area contributed by atoms with Gasteiger partial charge < -0.3 is 14.2 Å². The summed E-state index contributed by atoms with van der Waals surface area (Å²) in [7, 11) is 0. The Bertz CT molecular complexity index is 1620. The van der Waals surface area contributed by atoms with Crippen LogP contribution >= 0.6 is 0 Å². The normalized spacial score (nSPS) is 23.1. The van der Waals surface area contributed by atoms with Gasteiger partial charge in [0.1, 0.15) is 11.6 Å². The van der Waals surface area contributed by atoms with Crippen LogP contribution in [-0.2, 0) is 10.2 Å². The molecular formula is C37H42N4O3. The van der Waals surface area contributed by atoms with Crippen molar-refractivity contribution in [3.05, 3.63) is 95.8 Å². The molecule has 4 aromatic rings. The molecule has 3 saturated heterocycles. The Hall–Kier alpha value is -3.97. The van der Waals surface area contributed by atoms with Gasteiger partial charge >= 0.3 is 5.97 Å². The number of piperidine rings is 2. The number of hydrogen-bond donors (Lipinski definition) is 0. The minimum Gasteiger partial charge on any atom is -0.427 e. The quantitative estimate of drug-likeness (QED) is 0.177. The number of aryl methyl sites for hydroxylation is 1. The maximum atomic E-state index is 13.4. The fraction of sp³-hybridized carbons (Fsp3) is 0.432. The van der Waals surface area contributed by atoms with E-state index in [2.05, 4.69) is 71.0 Å². The van der Waals surface area contributed by atoms with Crippen molar-refractivity contribution in [1.29, 1.82) is 0 Å². The molecule has 7 rings (SSSR count). The van der Waals surface area contributed by atoms with Crippen molar-refractivity contribution in [1.82, 2.24) is 19.4 Å². The van der Waals surface area contributed by atoms with Crippen LogP contribution in [0.4, 0.5) is 0 Å². The number of carbonyl (C=O) groups is 2. The van der Waals surface area contributed by atoms with Crippen LogP contribution in [0.5, 0.6) is 5.75 Å². The third kappa shape index (κ3) is 5.43. The molecule has 7 heteroatoms. The van der Waals surface area contributed by atoms with E-state index < -0.39 is 0 Å². The van der Waals surface area contributed by atoms with E-state index in [-0.39, 0.29) is 17.3 Å². The SMILES string of the molecule is CC(=O)Oc1ccc(C(=O)N2CCC(CCN3[C@@H]4CC[C@H]3C[C@@H](n3c(C)nc5ccccc53)C4)(c3ccccc3)CC2)cc1. The van der Waals surface area contributed by atoms with Gasteiger partial charge in [0.2, 0.25) is 0 Å². The van der Waals surface area contributed by atoms with Crippen LogP contribution in [0.25, 0.3) is 11.0 Å². The van der Waals surface area contributed by atoms with Crippen molar-refractivity contribution in [3.8, 4) is 5.75 Å². The number of imidazole rings is 1. The first kappa shape index (κ1) is 28.8. The molecule has 3 aliphatic heterocycles. The summed E-state index contributed by atoms with van der Waals surface area (Å²) in [5.74, 6) is 1.27. The van der Waals surface area contributed by atoms with Crippen LogP contribution in [0.1, 0.15) is 79.7 Å². The molecule has 2 bridgehead atoms.